The molecule has 0 unspecified atom stereocenters. The number of carbonyl (C=O) groups is 2. The molecule has 2 heterocycles. The third-order valence-electron chi connectivity index (χ3n) is 5.05. The summed E-state index contributed by atoms with van der Waals surface area (Å²) >= 11 is 0. The van der Waals surface area contributed by atoms with Gasteiger partial charge in [-0.1, -0.05) is 12.1 Å². The number of hydrazone groups is 1. The minimum Gasteiger partial charge on any atom is -0.497 e. The summed E-state index contributed by atoms with van der Waals surface area (Å²) in [6.07, 6.45) is 3.74. The minimum absolute atomic E-state index is 0.235. The Morgan fingerprint density at radius 1 is 1.13 bits per heavy atom. The second-order valence-electron chi connectivity index (χ2n) is 7.11. The Balaban J connectivity index is 1.56. The first kappa shape index (κ1) is 20.3. The van der Waals surface area contributed by atoms with Crippen LogP contribution in [0.2, 0.25) is 0 Å². The molecule has 4 rings (SSSR count). The number of methoxy groups -OCH3 is 1. The van der Waals surface area contributed by atoms with Crippen LogP contribution in [0.4, 0.5) is 5.69 Å². The highest BCUT2D eigenvalue weighted by Gasteiger charge is 2.28. The number of ether oxygens (including phenoxy) is 1. The maximum Gasteiger partial charge on any atom is 0.291 e. The van der Waals surface area contributed by atoms with Crippen molar-refractivity contribution in [2.45, 2.75) is 26.2 Å². The van der Waals surface area contributed by atoms with Gasteiger partial charge in [-0.2, -0.15) is 5.10 Å². The number of aryl methyl sites for hydroxylation is 1. The molecule has 0 spiro atoms. The Kier molecular flexibility index (Phi) is 5.79. The lowest BCUT2D eigenvalue weighted by molar-refractivity contribution is 0.0948. The number of furan rings is 1. The molecule has 3 aromatic rings. The summed E-state index contributed by atoms with van der Waals surface area (Å²) in [4.78, 5) is 29.1. The maximum atomic E-state index is 12.8. The van der Waals surface area contributed by atoms with Crippen LogP contribution >= 0.6 is 0 Å². The topological polar surface area (TPSA) is 106 Å². The van der Waals surface area contributed by atoms with Crippen LogP contribution in [0.15, 0.2) is 58.2 Å². The summed E-state index contributed by atoms with van der Waals surface area (Å²) in [5.74, 6) is 0.838. The van der Waals surface area contributed by atoms with Crippen molar-refractivity contribution in [3.63, 3.8) is 0 Å². The number of aromatic nitrogens is 1. The lowest BCUT2D eigenvalue weighted by atomic mass is 9.93. The van der Waals surface area contributed by atoms with E-state index < -0.39 is 5.91 Å². The second kappa shape index (κ2) is 8.83. The quantitative estimate of drug-likeness (QED) is 0.615. The van der Waals surface area contributed by atoms with Crippen LogP contribution in [0, 0.1) is 6.92 Å². The number of fused-ring (bicyclic) bond motifs is 1. The number of nitrogens with one attached hydrogen (secondary N) is 2. The van der Waals surface area contributed by atoms with Gasteiger partial charge in [0.25, 0.3) is 11.8 Å². The molecule has 1 aliphatic rings. The standard InChI is InChI=1S/C23H22N4O4/c1-14-20-17(26-27-22(28)18-9-3-4-12-24-18)10-6-11-19(20)31-21(14)23(29)25-15-7-5-8-16(13-15)30-2/h3-5,7-9,12-13H,6,10-11H2,1-2H3,(H,25,29)(H,27,28)/b26-17+. The average molecular weight is 418 g/mol. The number of hydrogen-bond acceptors (Lipinski definition) is 6. The van der Waals surface area contributed by atoms with Crippen molar-refractivity contribution in [1.82, 2.24) is 10.4 Å². The Morgan fingerprint density at radius 3 is 2.77 bits per heavy atom. The lowest BCUT2D eigenvalue weighted by Gasteiger charge is -2.13. The Morgan fingerprint density at radius 2 is 2.00 bits per heavy atom. The largest absolute Gasteiger partial charge is 0.497 e. The number of amides is 2. The van der Waals surface area contributed by atoms with Crippen LogP contribution in [0.3, 0.4) is 0 Å². The summed E-state index contributed by atoms with van der Waals surface area (Å²) in [5, 5.41) is 7.15. The smallest absolute Gasteiger partial charge is 0.291 e. The van der Waals surface area contributed by atoms with Crippen molar-refractivity contribution in [3.05, 3.63) is 77.0 Å². The second-order valence-corrected chi connectivity index (χ2v) is 7.11. The fraction of sp³-hybridized carbons (Fsp3) is 0.217. The van der Waals surface area contributed by atoms with Crippen molar-refractivity contribution in [2.24, 2.45) is 5.10 Å². The van der Waals surface area contributed by atoms with Crippen molar-refractivity contribution >= 4 is 23.2 Å². The van der Waals surface area contributed by atoms with E-state index in [0.29, 0.717) is 41.3 Å². The summed E-state index contributed by atoms with van der Waals surface area (Å²) in [6.45, 7) is 1.82. The number of anilines is 1. The van der Waals surface area contributed by atoms with Crippen LogP contribution in [0.1, 0.15) is 50.8 Å². The van der Waals surface area contributed by atoms with Gasteiger partial charge in [0.1, 0.15) is 17.2 Å². The molecule has 0 bridgehead atoms. The SMILES string of the molecule is COc1cccc(NC(=O)c2oc3c(c2C)/C(=N/NC(=O)c2ccccn2)CCC3)c1. The molecule has 0 atom stereocenters. The molecular weight excluding hydrogens is 396 g/mol. The van der Waals surface area contributed by atoms with Gasteiger partial charge in [0.15, 0.2) is 5.76 Å². The van der Waals surface area contributed by atoms with Crippen LogP contribution in [-0.2, 0) is 6.42 Å². The molecule has 2 N–H and O–H groups in total. The molecule has 158 valence electrons. The lowest BCUT2D eigenvalue weighted by Crippen LogP contribution is -2.22. The van der Waals surface area contributed by atoms with Crippen LogP contribution in [0.25, 0.3) is 0 Å². The molecule has 1 aromatic carbocycles. The molecular formula is C23H22N4O4. The van der Waals surface area contributed by atoms with E-state index in [9.17, 15) is 9.59 Å². The van der Waals surface area contributed by atoms with Gasteiger partial charge in [0.2, 0.25) is 0 Å². The summed E-state index contributed by atoms with van der Waals surface area (Å²) in [7, 11) is 1.57. The van der Waals surface area contributed by atoms with E-state index in [4.69, 9.17) is 9.15 Å². The van der Waals surface area contributed by atoms with Gasteiger partial charge in [-0.05, 0) is 44.0 Å². The summed E-state index contributed by atoms with van der Waals surface area (Å²) in [5.41, 5.74) is 5.61. The highest BCUT2D eigenvalue weighted by molar-refractivity contribution is 6.09. The van der Waals surface area contributed by atoms with Gasteiger partial charge in [-0.3, -0.25) is 14.6 Å². The van der Waals surface area contributed by atoms with Crippen molar-refractivity contribution in [3.8, 4) is 5.75 Å². The van der Waals surface area contributed by atoms with Crippen molar-refractivity contribution in [2.75, 3.05) is 12.4 Å². The molecule has 2 aromatic heterocycles. The van der Waals surface area contributed by atoms with E-state index in [-0.39, 0.29) is 17.4 Å². The molecule has 0 radical (unpaired) electrons. The molecule has 2 amide bonds. The fourth-order valence-corrected chi connectivity index (χ4v) is 3.56. The zero-order chi connectivity index (χ0) is 21.8. The number of carbonyl (C=O) groups excluding carboxylic acids is 2. The molecule has 1 aliphatic carbocycles. The Hall–Kier alpha value is -3.94. The highest BCUT2D eigenvalue weighted by atomic mass is 16.5. The molecule has 0 aliphatic heterocycles. The van der Waals surface area contributed by atoms with Crippen LogP contribution in [0.5, 0.6) is 5.75 Å². The number of rotatable bonds is 5. The van der Waals surface area contributed by atoms with Gasteiger partial charge in [-0.25, -0.2) is 5.43 Å². The average Bonchev–Trinajstić information content (AvgIpc) is 3.15. The maximum absolute atomic E-state index is 12.8. The number of pyridine rings is 1. The van der Waals surface area contributed by atoms with Crippen molar-refractivity contribution in [1.29, 1.82) is 0 Å². The Labute approximate surface area is 179 Å². The van der Waals surface area contributed by atoms with E-state index in [2.05, 4.69) is 20.8 Å². The van der Waals surface area contributed by atoms with Crippen molar-refractivity contribution < 1.29 is 18.7 Å². The third kappa shape index (κ3) is 4.32. The molecule has 31 heavy (non-hydrogen) atoms. The normalized spacial score (nSPS) is 14.1. The predicted molar refractivity (Wildman–Crippen MR) is 116 cm³/mol. The van der Waals surface area contributed by atoms with Gasteiger partial charge in [0.05, 0.1) is 12.8 Å². The first-order valence-corrected chi connectivity index (χ1v) is 9.93. The molecule has 0 fully saturated rings. The van der Waals surface area contributed by atoms with Gasteiger partial charge in [-0.15, -0.1) is 0 Å². The molecule has 0 saturated heterocycles. The van der Waals surface area contributed by atoms with E-state index >= 15 is 0 Å². The zero-order valence-corrected chi connectivity index (χ0v) is 17.3. The molecule has 8 heteroatoms. The molecule has 0 saturated carbocycles. The third-order valence-corrected chi connectivity index (χ3v) is 5.05. The van der Waals surface area contributed by atoms with Gasteiger partial charge < -0.3 is 14.5 Å². The number of hydrogen-bond donors (Lipinski definition) is 2. The first-order chi connectivity index (χ1) is 15.1. The predicted octanol–water partition coefficient (Wildman–Crippen LogP) is 3.71. The highest BCUT2D eigenvalue weighted by Crippen LogP contribution is 2.30. The zero-order valence-electron chi connectivity index (χ0n) is 17.3. The molecule has 8 nitrogen and oxygen atoms in total. The van der Waals surface area contributed by atoms with E-state index in [1.807, 2.05) is 6.92 Å². The van der Waals surface area contributed by atoms with Crippen LogP contribution < -0.4 is 15.5 Å². The monoisotopic (exact) mass is 418 g/mol. The summed E-state index contributed by atoms with van der Waals surface area (Å²) < 4.78 is 11.1. The number of benzene rings is 1. The first-order valence-electron chi connectivity index (χ1n) is 9.93. The van der Waals surface area contributed by atoms with E-state index in [1.54, 1.807) is 55.8 Å². The van der Waals surface area contributed by atoms with Gasteiger partial charge in [0, 0.05) is 35.5 Å². The summed E-state index contributed by atoms with van der Waals surface area (Å²) in [6, 6.07) is 12.2. The fourth-order valence-electron chi connectivity index (χ4n) is 3.56. The number of nitrogens with zero attached hydrogens (tertiary/aromatic N) is 2. The van der Waals surface area contributed by atoms with Crippen LogP contribution in [-0.4, -0.2) is 29.6 Å². The Bertz CT molecular complexity index is 1150. The van der Waals surface area contributed by atoms with Gasteiger partial charge >= 0.3 is 0 Å². The van der Waals surface area contributed by atoms with E-state index in [1.165, 1.54) is 0 Å². The van der Waals surface area contributed by atoms with E-state index in [0.717, 1.165) is 12.0 Å². The minimum atomic E-state index is -0.391.